The van der Waals surface area contributed by atoms with Crippen LogP contribution in [0.1, 0.15) is 22.3 Å². The summed E-state index contributed by atoms with van der Waals surface area (Å²) in [4.78, 5) is 6.41. The van der Waals surface area contributed by atoms with E-state index in [4.69, 9.17) is 0 Å². The first-order valence-electron chi connectivity index (χ1n) is 8.26. The number of aryl methyl sites for hydroxylation is 2. The minimum Gasteiger partial charge on any atom is -0.378 e. The van der Waals surface area contributed by atoms with Crippen molar-refractivity contribution in [3.63, 3.8) is 0 Å². The zero-order valence-corrected chi connectivity index (χ0v) is 15.4. The van der Waals surface area contributed by atoms with E-state index in [9.17, 15) is 0 Å². The molecule has 0 fully saturated rings. The van der Waals surface area contributed by atoms with Crippen molar-refractivity contribution in [2.45, 2.75) is 26.9 Å². The summed E-state index contributed by atoms with van der Waals surface area (Å²) in [7, 11) is 5.92. The van der Waals surface area contributed by atoms with Gasteiger partial charge in [-0.15, -0.1) is 0 Å². The smallest absolute Gasteiger partial charge is 0.191 e. The van der Waals surface area contributed by atoms with Crippen molar-refractivity contribution in [3.05, 3.63) is 64.7 Å². The Morgan fingerprint density at radius 2 is 1.62 bits per heavy atom. The molecular weight excluding hydrogens is 296 g/mol. The number of hydrogen-bond acceptors (Lipinski definition) is 2. The van der Waals surface area contributed by atoms with Crippen LogP contribution in [0.4, 0.5) is 5.69 Å². The molecule has 2 N–H and O–H groups in total. The van der Waals surface area contributed by atoms with Crippen molar-refractivity contribution in [2.75, 3.05) is 26.0 Å². The van der Waals surface area contributed by atoms with Crippen LogP contribution < -0.4 is 15.5 Å². The lowest BCUT2D eigenvalue weighted by Crippen LogP contribution is -2.36. The zero-order valence-electron chi connectivity index (χ0n) is 15.4. The van der Waals surface area contributed by atoms with Crippen LogP contribution in [0, 0.1) is 13.8 Å². The summed E-state index contributed by atoms with van der Waals surface area (Å²) in [5.41, 5.74) is 6.30. The molecule has 0 saturated heterocycles. The largest absolute Gasteiger partial charge is 0.378 e. The first kappa shape index (κ1) is 17.9. The van der Waals surface area contributed by atoms with E-state index in [0.717, 1.165) is 19.0 Å². The molecule has 0 aliphatic heterocycles. The van der Waals surface area contributed by atoms with E-state index in [0.29, 0.717) is 0 Å². The lowest BCUT2D eigenvalue weighted by molar-refractivity contribution is 0.806. The summed E-state index contributed by atoms with van der Waals surface area (Å²) in [6.07, 6.45) is 0. The molecule has 0 aromatic heterocycles. The number of aliphatic imine (C=N–C) groups is 1. The monoisotopic (exact) mass is 324 g/mol. The fraction of sp³-hybridized carbons (Fsp3) is 0.350. The number of nitrogens with one attached hydrogen (secondary N) is 2. The second-order valence-corrected chi connectivity index (χ2v) is 6.27. The molecule has 24 heavy (non-hydrogen) atoms. The maximum atomic E-state index is 4.30. The van der Waals surface area contributed by atoms with E-state index in [-0.39, 0.29) is 0 Å². The van der Waals surface area contributed by atoms with Gasteiger partial charge in [0.1, 0.15) is 0 Å². The van der Waals surface area contributed by atoms with Gasteiger partial charge in [-0.05, 0) is 42.7 Å². The quantitative estimate of drug-likeness (QED) is 0.655. The van der Waals surface area contributed by atoms with Gasteiger partial charge in [-0.2, -0.15) is 0 Å². The number of anilines is 1. The molecule has 0 amide bonds. The standard InChI is InChI=1S/C20H28N4/c1-15-6-8-17(9-7-15)13-22-20(21-3)23-14-18-10-11-19(24(4)5)12-16(18)2/h6-12H,13-14H2,1-5H3,(H2,21,22,23). The Labute approximate surface area is 145 Å². The molecule has 2 aromatic rings. The van der Waals surface area contributed by atoms with Gasteiger partial charge in [0.25, 0.3) is 0 Å². The molecule has 0 unspecified atom stereocenters. The SMILES string of the molecule is CN=C(NCc1ccc(C)cc1)NCc1ccc(N(C)C)cc1C. The van der Waals surface area contributed by atoms with Crippen LogP contribution in [-0.2, 0) is 13.1 Å². The molecule has 4 nitrogen and oxygen atoms in total. The Kier molecular flexibility index (Phi) is 6.24. The summed E-state index contributed by atoms with van der Waals surface area (Å²) in [5.74, 6) is 0.812. The van der Waals surface area contributed by atoms with Crippen LogP contribution in [0.25, 0.3) is 0 Å². The third-order valence-corrected chi connectivity index (χ3v) is 4.09. The Balaban J connectivity index is 1.90. The average Bonchev–Trinajstić information content (AvgIpc) is 2.57. The minimum absolute atomic E-state index is 0.757. The van der Waals surface area contributed by atoms with Crippen LogP contribution >= 0.6 is 0 Å². The number of guanidine groups is 1. The molecule has 0 radical (unpaired) electrons. The highest BCUT2D eigenvalue weighted by Gasteiger charge is 2.03. The third kappa shape index (κ3) is 5.01. The van der Waals surface area contributed by atoms with Crippen LogP contribution in [0.3, 0.4) is 0 Å². The Morgan fingerprint density at radius 3 is 2.21 bits per heavy atom. The van der Waals surface area contributed by atoms with Gasteiger partial charge in [0, 0.05) is 39.9 Å². The normalized spacial score (nSPS) is 11.3. The highest BCUT2D eigenvalue weighted by Crippen LogP contribution is 2.17. The van der Waals surface area contributed by atoms with E-state index in [2.05, 4.69) is 90.9 Å². The van der Waals surface area contributed by atoms with Crippen molar-refractivity contribution in [1.82, 2.24) is 10.6 Å². The first-order chi connectivity index (χ1) is 11.5. The topological polar surface area (TPSA) is 39.7 Å². The maximum absolute atomic E-state index is 4.30. The van der Waals surface area contributed by atoms with Gasteiger partial charge in [-0.25, -0.2) is 0 Å². The van der Waals surface area contributed by atoms with Crippen molar-refractivity contribution >= 4 is 11.6 Å². The fourth-order valence-corrected chi connectivity index (χ4v) is 2.45. The van der Waals surface area contributed by atoms with Gasteiger partial charge in [0.05, 0.1) is 0 Å². The van der Waals surface area contributed by atoms with Gasteiger partial charge < -0.3 is 15.5 Å². The molecule has 0 spiro atoms. The molecule has 0 bridgehead atoms. The van der Waals surface area contributed by atoms with Gasteiger partial charge >= 0.3 is 0 Å². The molecule has 0 saturated carbocycles. The summed E-state index contributed by atoms with van der Waals surface area (Å²) < 4.78 is 0. The molecule has 4 heteroatoms. The summed E-state index contributed by atoms with van der Waals surface area (Å²) in [6.45, 7) is 5.76. The summed E-state index contributed by atoms with van der Waals surface area (Å²) in [5, 5.41) is 6.74. The lowest BCUT2D eigenvalue weighted by atomic mass is 10.1. The molecule has 0 heterocycles. The first-order valence-corrected chi connectivity index (χ1v) is 8.26. The Bertz CT molecular complexity index is 687. The van der Waals surface area contributed by atoms with E-state index < -0.39 is 0 Å². The highest BCUT2D eigenvalue weighted by molar-refractivity contribution is 5.79. The zero-order chi connectivity index (χ0) is 17.5. The van der Waals surface area contributed by atoms with Crippen LogP contribution in [-0.4, -0.2) is 27.1 Å². The van der Waals surface area contributed by atoms with Crippen LogP contribution in [0.2, 0.25) is 0 Å². The highest BCUT2D eigenvalue weighted by atomic mass is 15.2. The van der Waals surface area contributed by atoms with Gasteiger partial charge in [0.2, 0.25) is 0 Å². The summed E-state index contributed by atoms with van der Waals surface area (Å²) >= 11 is 0. The molecule has 128 valence electrons. The van der Waals surface area contributed by atoms with Crippen molar-refractivity contribution in [3.8, 4) is 0 Å². The number of hydrogen-bond donors (Lipinski definition) is 2. The number of benzene rings is 2. The molecular formula is C20H28N4. The molecule has 2 aromatic carbocycles. The van der Waals surface area contributed by atoms with E-state index >= 15 is 0 Å². The number of nitrogens with zero attached hydrogens (tertiary/aromatic N) is 2. The minimum atomic E-state index is 0.757. The average molecular weight is 324 g/mol. The van der Waals surface area contributed by atoms with E-state index in [1.54, 1.807) is 7.05 Å². The molecule has 2 rings (SSSR count). The summed E-state index contributed by atoms with van der Waals surface area (Å²) in [6, 6.07) is 15.1. The van der Waals surface area contributed by atoms with Gasteiger partial charge in [0.15, 0.2) is 5.96 Å². The second-order valence-electron chi connectivity index (χ2n) is 6.27. The third-order valence-electron chi connectivity index (χ3n) is 4.09. The van der Waals surface area contributed by atoms with Crippen molar-refractivity contribution in [2.24, 2.45) is 4.99 Å². The van der Waals surface area contributed by atoms with Crippen LogP contribution in [0.5, 0.6) is 0 Å². The molecule has 0 aliphatic rings. The van der Waals surface area contributed by atoms with Crippen molar-refractivity contribution in [1.29, 1.82) is 0 Å². The predicted octanol–water partition coefficient (Wildman–Crippen LogP) is 3.23. The number of rotatable bonds is 5. The van der Waals surface area contributed by atoms with Crippen molar-refractivity contribution < 1.29 is 0 Å². The fourth-order valence-electron chi connectivity index (χ4n) is 2.45. The molecule has 0 aliphatic carbocycles. The Morgan fingerprint density at radius 1 is 0.958 bits per heavy atom. The van der Waals surface area contributed by atoms with E-state index in [1.807, 2.05) is 0 Å². The maximum Gasteiger partial charge on any atom is 0.191 e. The van der Waals surface area contributed by atoms with Gasteiger partial charge in [-0.1, -0.05) is 35.9 Å². The predicted molar refractivity (Wildman–Crippen MR) is 104 cm³/mol. The van der Waals surface area contributed by atoms with Gasteiger partial charge in [-0.3, -0.25) is 4.99 Å². The molecule has 0 atom stereocenters. The van der Waals surface area contributed by atoms with Crippen LogP contribution in [0.15, 0.2) is 47.5 Å². The Hall–Kier alpha value is -2.49. The second kappa shape index (κ2) is 8.39. The lowest BCUT2D eigenvalue weighted by Gasteiger charge is -2.16. The van der Waals surface area contributed by atoms with E-state index in [1.165, 1.54) is 27.9 Å².